The number of carbonyl (C=O) groups excluding carboxylic acids is 2. The lowest BCUT2D eigenvalue weighted by molar-refractivity contribution is -0.114. The van der Waals surface area contributed by atoms with Gasteiger partial charge < -0.3 is 15.4 Å². The number of hydrogen-bond donors (Lipinski definition) is 3. The molecule has 0 saturated heterocycles. The lowest BCUT2D eigenvalue weighted by Gasteiger charge is -2.18. The van der Waals surface area contributed by atoms with Crippen LogP contribution in [-0.2, 0) is 14.8 Å². The van der Waals surface area contributed by atoms with E-state index in [1.165, 1.54) is 25.1 Å². The molecule has 8 nitrogen and oxygen atoms in total. The smallest absolute Gasteiger partial charge is 0.253 e. The van der Waals surface area contributed by atoms with Crippen molar-refractivity contribution >= 4 is 33.2 Å². The average molecular weight is 420 g/mol. The Labute approximate surface area is 170 Å². The van der Waals surface area contributed by atoms with Gasteiger partial charge in [-0.1, -0.05) is 12.1 Å². The van der Waals surface area contributed by atoms with E-state index in [-0.39, 0.29) is 23.2 Å². The van der Waals surface area contributed by atoms with E-state index < -0.39 is 15.9 Å². The predicted octanol–water partition coefficient (Wildman–Crippen LogP) is 2.91. The van der Waals surface area contributed by atoms with Crippen LogP contribution in [0, 0.1) is 0 Å². The fourth-order valence-corrected chi connectivity index (χ4v) is 3.28. The summed E-state index contributed by atoms with van der Waals surface area (Å²) in [5.41, 5.74) is 1.43. The zero-order valence-corrected chi connectivity index (χ0v) is 17.6. The van der Waals surface area contributed by atoms with Crippen LogP contribution in [0.1, 0.15) is 42.7 Å². The molecule has 0 radical (unpaired) electrons. The second-order valence-electron chi connectivity index (χ2n) is 6.52. The van der Waals surface area contributed by atoms with E-state index in [2.05, 4.69) is 15.4 Å². The zero-order valence-electron chi connectivity index (χ0n) is 16.8. The molecule has 1 atom stereocenters. The van der Waals surface area contributed by atoms with Gasteiger partial charge in [0.25, 0.3) is 5.91 Å². The highest BCUT2D eigenvalue weighted by molar-refractivity contribution is 7.92. The third-order valence-electron chi connectivity index (χ3n) is 3.90. The minimum Gasteiger partial charge on any atom is -0.494 e. The monoisotopic (exact) mass is 419 g/mol. The fraction of sp³-hybridized carbons (Fsp3) is 0.300. The molecule has 2 rings (SSSR count). The molecule has 29 heavy (non-hydrogen) atoms. The Hall–Kier alpha value is -3.07. The van der Waals surface area contributed by atoms with Gasteiger partial charge in [-0.25, -0.2) is 8.42 Å². The van der Waals surface area contributed by atoms with Crippen LogP contribution < -0.4 is 20.1 Å². The second kappa shape index (κ2) is 9.42. The Kier molecular flexibility index (Phi) is 7.22. The van der Waals surface area contributed by atoms with E-state index in [1.807, 2.05) is 38.1 Å². The molecule has 0 aliphatic heterocycles. The van der Waals surface area contributed by atoms with Gasteiger partial charge in [-0.15, -0.1) is 0 Å². The first-order valence-corrected chi connectivity index (χ1v) is 10.9. The molecule has 3 N–H and O–H groups in total. The summed E-state index contributed by atoms with van der Waals surface area (Å²) in [4.78, 5) is 24.2. The molecule has 1 unspecified atom stereocenters. The number of amides is 2. The van der Waals surface area contributed by atoms with E-state index in [0.717, 1.165) is 11.8 Å². The van der Waals surface area contributed by atoms with Crippen LogP contribution in [-0.4, -0.2) is 33.1 Å². The Morgan fingerprint density at radius 1 is 1.14 bits per heavy atom. The molecule has 9 heteroatoms. The summed E-state index contributed by atoms with van der Waals surface area (Å²) in [5.74, 6) is -0.0999. The molecule has 0 saturated carbocycles. The van der Waals surface area contributed by atoms with Crippen molar-refractivity contribution in [3.8, 4) is 5.75 Å². The van der Waals surface area contributed by atoms with Crippen molar-refractivity contribution < 1.29 is 22.7 Å². The largest absolute Gasteiger partial charge is 0.494 e. The molecular weight excluding hydrogens is 394 g/mol. The topological polar surface area (TPSA) is 114 Å². The molecule has 0 aliphatic rings. The summed E-state index contributed by atoms with van der Waals surface area (Å²) in [7, 11) is -3.60. The normalized spacial score (nSPS) is 12.0. The summed E-state index contributed by atoms with van der Waals surface area (Å²) in [6, 6.07) is 11.4. The molecule has 2 amide bonds. The van der Waals surface area contributed by atoms with Crippen molar-refractivity contribution in [2.45, 2.75) is 26.8 Å². The lowest BCUT2D eigenvalue weighted by Crippen LogP contribution is -2.28. The first-order valence-electron chi connectivity index (χ1n) is 9.02. The van der Waals surface area contributed by atoms with Gasteiger partial charge >= 0.3 is 0 Å². The standard InChI is InChI=1S/C20H25N3O5S/c1-5-28-17-8-6-7-15(11-17)13(2)21-20(25)18-12-16(22-14(3)24)9-10-19(18)23-29(4,26)27/h6-13,23H,5H2,1-4H3,(H,21,25)(H,22,24). The zero-order chi connectivity index (χ0) is 21.6. The van der Waals surface area contributed by atoms with Crippen LogP contribution in [0.3, 0.4) is 0 Å². The van der Waals surface area contributed by atoms with E-state index in [4.69, 9.17) is 4.74 Å². The van der Waals surface area contributed by atoms with Gasteiger partial charge in [-0.05, 0) is 49.7 Å². The summed E-state index contributed by atoms with van der Waals surface area (Å²) >= 11 is 0. The maximum atomic E-state index is 12.9. The molecule has 0 aromatic heterocycles. The van der Waals surface area contributed by atoms with Crippen molar-refractivity contribution in [3.05, 3.63) is 53.6 Å². The van der Waals surface area contributed by atoms with E-state index in [0.29, 0.717) is 18.0 Å². The Morgan fingerprint density at radius 2 is 1.86 bits per heavy atom. The number of hydrogen-bond acceptors (Lipinski definition) is 5. The van der Waals surface area contributed by atoms with E-state index in [1.54, 1.807) is 0 Å². The summed E-state index contributed by atoms with van der Waals surface area (Å²) in [5, 5.41) is 5.43. The second-order valence-corrected chi connectivity index (χ2v) is 8.26. The number of anilines is 2. The molecule has 2 aromatic rings. The Balaban J connectivity index is 2.31. The van der Waals surface area contributed by atoms with Crippen molar-refractivity contribution in [1.29, 1.82) is 0 Å². The number of rotatable bonds is 8. The lowest BCUT2D eigenvalue weighted by atomic mass is 10.1. The van der Waals surface area contributed by atoms with Gasteiger partial charge in [0.15, 0.2) is 0 Å². The van der Waals surface area contributed by atoms with Crippen molar-refractivity contribution in [3.63, 3.8) is 0 Å². The minimum absolute atomic E-state index is 0.0921. The number of ether oxygens (including phenoxy) is 1. The Bertz CT molecular complexity index is 1000. The molecule has 0 fully saturated rings. The van der Waals surface area contributed by atoms with Crippen LogP contribution in [0.25, 0.3) is 0 Å². The van der Waals surface area contributed by atoms with Crippen LogP contribution in [0.4, 0.5) is 11.4 Å². The van der Waals surface area contributed by atoms with Gasteiger partial charge in [-0.3, -0.25) is 14.3 Å². The molecule has 0 aliphatic carbocycles. The third-order valence-corrected chi connectivity index (χ3v) is 4.49. The highest BCUT2D eigenvalue weighted by Crippen LogP contribution is 2.24. The molecule has 2 aromatic carbocycles. The van der Waals surface area contributed by atoms with Gasteiger partial charge in [-0.2, -0.15) is 0 Å². The van der Waals surface area contributed by atoms with Gasteiger partial charge in [0.2, 0.25) is 15.9 Å². The van der Waals surface area contributed by atoms with Gasteiger partial charge in [0.05, 0.1) is 30.2 Å². The summed E-state index contributed by atoms with van der Waals surface area (Å²) in [6.07, 6.45) is 0.998. The van der Waals surface area contributed by atoms with Crippen LogP contribution in [0.5, 0.6) is 5.75 Å². The number of sulfonamides is 1. The first-order chi connectivity index (χ1) is 13.6. The molecule has 0 spiro atoms. The highest BCUT2D eigenvalue weighted by Gasteiger charge is 2.18. The van der Waals surface area contributed by atoms with Crippen molar-refractivity contribution in [2.75, 3.05) is 22.9 Å². The maximum Gasteiger partial charge on any atom is 0.253 e. The van der Waals surface area contributed by atoms with Crippen LogP contribution in [0.15, 0.2) is 42.5 Å². The minimum atomic E-state index is -3.60. The number of nitrogens with one attached hydrogen (secondary N) is 3. The van der Waals surface area contributed by atoms with E-state index in [9.17, 15) is 18.0 Å². The maximum absolute atomic E-state index is 12.9. The van der Waals surface area contributed by atoms with Gasteiger partial charge in [0.1, 0.15) is 5.75 Å². The van der Waals surface area contributed by atoms with Gasteiger partial charge in [0, 0.05) is 12.6 Å². The SMILES string of the molecule is CCOc1cccc(C(C)NC(=O)c2cc(NC(C)=O)ccc2NS(C)(=O)=O)c1. The van der Waals surface area contributed by atoms with Crippen LogP contribution >= 0.6 is 0 Å². The summed E-state index contributed by atoms with van der Waals surface area (Å²) < 4.78 is 31.1. The first kappa shape index (κ1) is 22.2. The highest BCUT2D eigenvalue weighted by atomic mass is 32.2. The predicted molar refractivity (Wildman–Crippen MR) is 113 cm³/mol. The quantitative estimate of drug-likeness (QED) is 0.609. The Morgan fingerprint density at radius 3 is 2.48 bits per heavy atom. The average Bonchev–Trinajstić information content (AvgIpc) is 2.61. The fourth-order valence-electron chi connectivity index (χ4n) is 2.70. The molecule has 0 bridgehead atoms. The van der Waals surface area contributed by atoms with E-state index >= 15 is 0 Å². The van der Waals surface area contributed by atoms with Crippen molar-refractivity contribution in [2.24, 2.45) is 0 Å². The molecular formula is C20H25N3O5S. The molecule has 156 valence electrons. The molecule has 0 heterocycles. The number of benzene rings is 2. The van der Waals surface area contributed by atoms with Crippen molar-refractivity contribution in [1.82, 2.24) is 5.32 Å². The third kappa shape index (κ3) is 6.79. The summed E-state index contributed by atoms with van der Waals surface area (Å²) in [6.45, 7) is 5.57. The number of carbonyl (C=O) groups is 2. The van der Waals surface area contributed by atoms with Crippen LogP contribution in [0.2, 0.25) is 0 Å².